The monoisotopic (exact) mass is 129 g/mol. The Labute approximate surface area is 52.6 Å². The van der Waals surface area contributed by atoms with Crippen molar-refractivity contribution in [2.24, 2.45) is 0 Å². The molecule has 1 heteroatoms. The maximum atomic E-state index is 3.59. The van der Waals surface area contributed by atoms with Gasteiger partial charge in [-0.15, -0.1) is 0 Å². The van der Waals surface area contributed by atoms with Gasteiger partial charge in [-0.05, 0) is 6.08 Å². The van der Waals surface area contributed by atoms with Gasteiger partial charge < -0.3 is 0 Å². The van der Waals surface area contributed by atoms with Crippen molar-refractivity contribution < 1.29 is 0 Å². The molecule has 0 bridgehead atoms. The Morgan fingerprint density at radius 3 is 1.88 bits per heavy atom. The highest BCUT2D eigenvalue weighted by Crippen LogP contribution is 2.47. The van der Waals surface area contributed by atoms with Gasteiger partial charge in [0.25, 0.3) is 0 Å². The van der Waals surface area contributed by atoms with Crippen LogP contribution >= 0.6 is 7.26 Å². The maximum Gasteiger partial charge on any atom is 0.0579 e. The molecule has 0 rings (SSSR count). The van der Waals surface area contributed by atoms with E-state index >= 15 is 0 Å². The summed E-state index contributed by atoms with van der Waals surface area (Å²) >= 11 is 0. The third kappa shape index (κ3) is 5.91. The molecule has 0 aliphatic heterocycles. The van der Waals surface area contributed by atoms with E-state index in [0.717, 1.165) is 0 Å². The van der Waals surface area contributed by atoms with Gasteiger partial charge >= 0.3 is 0 Å². The zero-order valence-electron chi connectivity index (χ0n) is 5.89. The Bertz CT molecular complexity index is 95.4. The summed E-state index contributed by atoms with van der Waals surface area (Å²) in [5, 5.41) is 0. The van der Waals surface area contributed by atoms with Crippen LogP contribution in [0, 0.1) is 0 Å². The average molecular weight is 129 g/mol. The van der Waals surface area contributed by atoms with Gasteiger partial charge in [0.1, 0.15) is 0 Å². The first-order chi connectivity index (χ1) is 3.56. The molecule has 0 saturated heterocycles. The predicted molar refractivity (Wildman–Crippen MR) is 44.0 cm³/mol. The lowest BCUT2D eigenvalue weighted by atomic mass is 10.6. The van der Waals surface area contributed by atoms with E-state index in [9.17, 15) is 0 Å². The molecule has 0 fully saturated rings. The minimum atomic E-state index is -0.684. The van der Waals surface area contributed by atoms with E-state index in [1.54, 1.807) is 0 Å². The molecule has 0 aromatic carbocycles. The highest BCUT2D eigenvalue weighted by molar-refractivity contribution is 7.76. The van der Waals surface area contributed by atoms with Crippen molar-refractivity contribution in [2.45, 2.75) is 0 Å². The lowest BCUT2D eigenvalue weighted by molar-refractivity contribution is 1.97. The van der Waals surface area contributed by atoms with Gasteiger partial charge in [0, 0.05) is 7.26 Å². The van der Waals surface area contributed by atoms with Crippen LogP contribution < -0.4 is 0 Å². The number of allylic oxidation sites excluding steroid dienone is 2. The molecule has 0 unspecified atom stereocenters. The third-order valence-corrected chi connectivity index (χ3v) is 1.74. The molecule has 0 nitrogen and oxygen atoms in total. The molecule has 0 radical (unpaired) electrons. The van der Waals surface area contributed by atoms with Gasteiger partial charge in [-0.1, -0.05) is 12.7 Å². The van der Waals surface area contributed by atoms with E-state index < -0.39 is 7.26 Å². The standard InChI is InChI=1S/C7H14P/c1-5-6-7-8(2,3)4/h5-7H,1H2,2-4H3/q+1/b7-6+. The average Bonchev–Trinajstić information content (AvgIpc) is 1.59. The highest BCUT2D eigenvalue weighted by Gasteiger charge is 2.09. The molecule has 0 aromatic heterocycles. The van der Waals surface area contributed by atoms with Crippen LogP contribution in [-0.2, 0) is 0 Å². The van der Waals surface area contributed by atoms with Gasteiger partial charge in [0.2, 0.25) is 0 Å². The van der Waals surface area contributed by atoms with Crippen molar-refractivity contribution in [1.29, 1.82) is 0 Å². The van der Waals surface area contributed by atoms with Gasteiger partial charge in [0.15, 0.2) is 0 Å². The largest absolute Gasteiger partial charge is 0.0989 e. The summed E-state index contributed by atoms with van der Waals surface area (Å²) in [7, 11) is -0.684. The Morgan fingerprint density at radius 2 is 1.75 bits per heavy atom. The molecular formula is C7H14P+. The van der Waals surface area contributed by atoms with Crippen LogP contribution in [0.25, 0.3) is 0 Å². The van der Waals surface area contributed by atoms with Crippen LogP contribution in [0.1, 0.15) is 0 Å². The SMILES string of the molecule is C=C/C=C/[P+](C)(C)C. The first kappa shape index (κ1) is 7.91. The second-order valence-electron chi connectivity index (χ2n) is 2.69. The molecular weight excluding hydrogens is 115 g/mol. The summed E-state index contributed by atoms with van der Waals surface area (Å²) in [6, 6.07) is 0. The first-order valence-electron chi connectivity index (χ1n) is 2.67. The quantitative estimate of drug-likeness (QED) is 0.397. The van der Waals surface area contributed by atoms with Crippen molar-refractivity contribution in [3.05, 3.63) is 24.5 Å². The fourth-order valence-corrected chi connectivity index (χ4v) is 0.957. The molecule has 0 amide bonds. The van der Waals surface area contributed by atoms with E-state index in [1.807, 2.05) is 12.2 Å². The van der Waals surface area contributed by atoms with Crippen LogP contribution in [0.3, 0.4) is 0 Å². The van der Waals surface area contributed by atoms with Crippen LogP contribution in [0.2, 0.25) is 0 Å². The van der Waals surface area contributed by atoms with Crippen molar-refractivity contribution in [3.8, 4) is 0 Å². The second-order valence-corrected chi connectivity index (χ2v) is 7.22. The molecule has 0 spiro atoms. The van der Waals surface area contributed by atoms with Crippen LogP contribution in [0.4, 0.5) is 0 Å². The van der Waals surface area contributed by atoms with Gasteiger partial charge in [-0.3, -0.25) is 0 Å². The minimum absolute atomic E-state index is 0.684. The van der Waals surface area contributed by atoms with E-state index in [-0.39, 0.29) is 0 Å². The Morgan fingerprint density at radius 1 is 1.25 bits per heavy atom. The lowest BCUT2D eigenvalue weighted by Gasteiger charge is -2.01. The summed E-state index contributed by atoms with van der Waals surface area (Å²) < 4.78 is 0. The fraction of sp³-hybridized carbons (Fsp3) is 0.429. The lowest BCUT2D eigenvalue weighted by Crippen LogP contribution is -1.74. The molecule has 0 aliphatic rings. The molecule has 0 aromatic rings. The normalized spacial score (nSPS) is 12.4. The van der Waals surface area contributed by atoms with E-state index in [4.69, 9.17) is 0 Å². The third-order valence-electron chi connectivity index (χ3n) is 0.669. The number of rotatable bonds is 2. The van der Waals surface area contributed by atoms with E-state index in [1.165, 1.54) is 0 Å². The zero-order chi connectivity index (χ0) is 6.62. The van der Waals surface area contributed by atoms with Crippen LogP contribution in [0.5, 0.6) is 0 Å². The molecule has 46 valence electrons. The molecule has 0 atom stereocenters. The van der Waals surface area contributed by atoms with Crippen LogP contribution in [0.15, 0.2) is 24.5 Å². The summed E-state index contributed by atoms with van der Waals surface area (Å²) in [5.74, 6) is 2.24. The Balaban J connectivity index is 3.69. The van der Waals surface area contributed by atoms with Crippen molar-refractivity contribution in [1.82, 2.24) is 0 Å². The first-order valence-corrected chi connectivity index (χ1v) is 5.87. The molecule has 8 heavy (non-hydrogen) atoms. The molecule has 0 saturated carbocycles. The molecule has 0 N–H and O–H groups in total. The molecule has 0 aliphatic carbocycles. The summed E-state index contributed by atoms with van der Waals surface area (Å²) in [6.07, 6.45) is 3.85. The van der Waals surface area contributed by atoms with E-state index in [0.29, 0.717) is 0 Å². The number of hydrogen-bond donors (Lipinski definition) is 0. The predicted octanol–water partition coefficient (Wildman–Crippen LogP) is 2.59. The van der Waals surface area contributed by atoms with Crippen LogP contribution in [-0.4, -0.2) is 20.0 Å². The summed E-state index contributed by atoms with van der Waals surface area (Å²) in [5.41, 5.74) is 0. The Kier molecular flexibility index (Phi) is 3.01. The van der Waals surface area contributed by atoms with Gasteiger partial charge in [-0.25, -0.2) is 0 Å². The smallest absolute Gasteiger partial charge is 0.0579 e. The summed E-state index contributed by atoms with van der Waals surface area (Å²) in [4.78, 5) is 0. The second kappa shape index (κ2) is 3.04. The highest BCUT2D eigenvalue weighted by atomic mass is 31.2. The topological polar surface area (TPSA) is 0 Å². The van der Waals surface area contributed by atoms with Gasteiger partial charge in [-0.2, -0.15) is 0 Å². The maximum absolute atomic E-state index is 3.59. The van der Waals surface area contributed by atoms with Crippen molar-refractivity contribution in [3.63, 3.8) is 0 Å². The minimum Gasteiger partial charge on any atom is -0.0989 e. The van der Waals surface area contributed by atoms with Crippen molar-refractivity contribution >= 4 is 7.26 Å². The van der Waals surface area contributed by atoms with Gasteiger partial charge in [0.05, 0.1) is 25.8 Å². The van der Waals surface area contributed by atoms with E-state index in [2.05, 4.69) is 32.4 Å². The fourth-order valence-electron chi connectivity index (χ4n) is 0.319. The summed E-state index contributed by atoms with van der Waals surface area (Å²) in [6.45, 7) is 10.4. The zero-order valence-corrected chi connectivity index (χ0v) is 6.78. The molecule has 0 heterocycles. The number of hydrogen-bond acceptors (Lipinski definition) is 0. The Hall–Kier alpha value is -0.0900. The van der Waals surface area contributed by atoms with Crippen molar-refractivity contribution in [2.75, 3.05) is 20.0 Å².